The van der Waals surface area contributed by atoms with Gasteiger partial charge < -0.3 is 14.7 Å². The van der Waals surface area contributed by atoms with Gasteiger partial charge in [-0.15, -0.1) is 0 Å². The summed E-state index contributed by atoms with van der Waals surface area (Å²) in [6.07, 6.45) is 4.19. The van der Waals surface area contributed by atoms with Crippen LogP contribution in [0.4, 0.5) is 5.82 Å². The zero-order chi connectivity index (χ0) is 12.6. The summed E-state index contributed by atoms with van der Waals surface area (Å²) in [5.41, 5.74) is 2.48. The van der Waals surface area contributed by atoms with Gasteiger partial charge in [0.25, 0.3) is 0 Å². The normalized spacial score (nSPS) is 22.0. The first-order chi connectivity index (χ1) is 8.72. The number of hydrogen-bond acceptors (Lipinski definition) is 4. The second-order valence-corrected chi connectivity index (χ2v) is 5.62. The van der Waals surface area contributed by atoms with Gasteiger partial charge in [0, 0.05) is 43.5 Å². The molecule has 1 aromatic rings. The molecule has 2 saturated heterocycles. The van der Waals surface area contributed by atoms with E-state index in [1.807, 2.05) is 19.2 Å². The van der Waals surface area contributed by atoms with Crippen LogP contribution in [0, 0.1) is 12.3 Å². The van der Waals surface area contributed by atoms with Gasteiger partial charge in [0.2, 0.25) is 0 Å². The maximum Gasteiger partial charge on any atom is 0.134 e. The molecule has 2 aliphatic rings. The van der Waals surface area contributed by atoms with E-state index in [1.54, 1.807) is 0 Å². The van der Waals surface area contributed by atoms with Crippen LogP contribution in [0.5, 0.6) is 0 Å². The van der Waals surface area contributed by atoms with E-state index in [4.69, 9.17) is 4.74 Å². The maximum absolute atomic E-state index is 9.43. The average Bonchev–Trinajstić information content (AvgIpc) is 2.37. The molecule has 1 aromatic heterocycles. The highest BCUT2D eigenvalue weighted by atomic mass is 16.5. The lowest BCUT2D eigenvalue weighted by Gasteiger charge is -2.53. The number of aromatic nitrogens is 1. The number of hydrogen-bond donors (Lipinski definition) is 1. The first-order valence-corrected chi connectivity index (χ1v) is 6.62. The molecule has 0 amide bonds. The molecule has 0 aromatic carbocycles. The highest BCUT2D eigenvalue weighted by Crippen LogP contribution is 2.42. The van der Waals surface area contributed by atoms with Crippen molar-refractivity contribution < 1.29 is 9.84 Å². The van der Waals surface area contributed by atoms with E-state index >= 15 is 0 Å². The van der Waals surface area contributed by atoms with Crippen LogP contribution in [0.1, 0.15) is 24.0 Å². The number of aliphatic hydroxyl groups is 1. The Morgan fingerprint density at radius 2 is 2.11 bits per heavy atom. The summed E-state index contributed by atoms with van der Waals surface area (Å²) >= 11 is 0. The van der Waals surface area contributed by atoms with Crippen LogP contribution in [0.25, 0.3) is 0 Å². The largest absolute Gasteiger partial charge is 0.392 e. The number of nitrogens with zero attached hydrogens (tertiary/aromatic N) is 2. The van der Waals surface area contributed by atoms with Gasteiger partial charge >= 0.3 is 0 Å². The van der Waals surface area contributed by atoms with Crippen LogP contribution in [-0.2, 0) is 11.3 Å². The predicted octanol–water partition coefficient (Wildman–Crippen LogP) is 1.50. The van der Waals surface area contributed by atoms with Crippen LogP contribution < -0.4 is 4.90 Å². The van der Waals surface area contributed by atoms with Crippen LogP contribution in [0.3, 0.4) is 0 Å². The van der Waals surface area contributed by atoms with Crippen molar-refractivity contribution in [2.75, 3.05) is 31.2 Å². The van der Waals surface area contributed by atoms with Gasteiger partial charge in [0.1, 0.15) is 5.82 Å². The predicted molar refractivity (Wildman–Crippen MR) is 69.6 cm³/mol. The number of aliphatic hydroxyl groups excluding tert-OH is 1. The second-order valence-electron chi connectivity index (χ2n) is 5.62. The summed E-state index contributed by atoms with van der Waals surface area (Å²) in [5, 5.41) is 9.43. The van der Waals surface area contributed by atoms with Gasteiger partial charge in [-0.2, -0.15) is 0 Å². The van der Waals surface area contributed by atoms with Crippen molar-refractivity contribution in [3.05, 3.63) is 23.4 Å². The van der Waals surface area contributed by atoms with Gasteiger partial charge in [-0.25, -0.2) is 4.98 Å². The van der Waals surface area contributed by atoms with Crippen molar-refractivity contribution in [3.8, 4) is 0 Å². The minimum atomic E-state index is 0.0661. The molecule has 0 aliphatic carbocycles. The maximum atomic E-state index is 9.43. The number of aryl methyl sites for hydroxylation is 1. The molecule has 0 atom stereocenters. The van der Waals surface area contributed by atoms with Crippen molar-refractivity contribution in [2.45, 2.75) is 26.4 Å². The van der Waals surface area contributed by atoms with E-state index in [9.17, 15) is 5.11 Å². The summed E-state index contributed by atoms with van der Waals surface area (Å²) in [7, 11) is 0. The molecule has 98 valence electrons. The lowest BCUT2D eigenvalue weighted by Crippen LogP contribution is -2.59. The number of rotatable bonds is 2. The van der Waals surface area contributed by atoms with E-state index < -0.39 is 0 Å². The molecule has 2 fully saturated rings. The van der Waals surface area contributed by atoms with Crippen LogP contribution in [0.2, 0.25) is 0 Å². The van der Waals surface area contributed by atoms with Crippen molar-refractivity contribution in [2.24, 2.45) is 5.41 Å². The monoisotopic (exact) mass is 248 g/mol. The Bertz CT molecular complexity index is 433. The lowest BCUT2D eigenvalue weighted by atomic mass is 9.73. The van der Waals surface area contributed by atoms with Gasteiger partial charge in [0.05, 0.1) is 6.61 Å². The van der Waals surface area contributed by atoms with Crippen LogP contribution in [0.15, 0.2) is 12.3 Å². The number of ether oxygens (including phenoxy) is 1. The Morgan fingerprint density at radius 1 is 1.39 bits per heavy atom. The van der Waals surface area contributed by atoms with Crippen molar-refractivity contribution in [1.29, 1.82) is 0 Å². The van der Waals surface area contributed by atoms with E-state index in [0.717, 1.165) is 56.1 Å². The topological polar surface area (TPSA) is 45.6 Å². The average molecular weight is 248 g/mol. The van der Waals surface area contributed by atoms with Crippen molar-refractivity contribution in [3.63, 3.8) is 0 Å². The molecule has 2 aliphatic heterocycles. The summed E-state index contributed by atoms with van der Waals surface area (Å²) < 4.78 is 5.43. The lowest BCUT2D eigenvalue weighted by molar-refractivity contribution is -0.000575. The Morgan fingerprint density at radius 3 is 2.78 bits per heavy atom. The van der Waals surface area contributed by atoms with Crippen molar-refractivity contribution in [1.82, 2.24) is 4.98 Å². The molecule has 4 heteroatoms. The zero-order valence-electron chi connectivity index (χ0n) is 10.9. The van der Waals surface area contributed by atoms with Gasteiger partial charge in [-0.05, 0) is 31.4 Å². The minimum Gasteiger partial charge on any atom is -0.392 e. The summed E-state index contributed by atoms with van der Waals surface area (Å²) in [5.74, 6) is 0.959. The second kappa shape index (κ2) is 4.52. The van der Waals surface area contributed by atoms with E-state index in [1.165, 1.54) is 0 Å². The fourth-order valence-electron chi connectivity index (χ4n) is 3.06. The van der Waals surface area contributed by atoms with Gasteiger partial charge in [0.15, 0.2) is 0 Å². The molecule has 0 radical (unpaired) electrons. The molecule has 1 spiro atoms. The molecular formula is C14H20N2O2. The molecule has 0 unspecified atom stereocenters. The van der Waals surface area contributed by atoms with E-state index in [-0.39, 0.29) is 6.61 Å². The SMILES string of the molecule is Cc1cnc(N2CC3(CCOCC3)C2)c(CO)c1. The molecular weight excluding hydrogens is 228 g/mol. The van der Waals surface area contributed by atoms with E-state index in [0.29, 0.717) is 5.41 Å². The van der Waals surface area contributed by atoms with E-state index in [2.05, 4.69) is 9.88 Å². The van der Waals surface area contributed by atoms with Gasteiger partial charge in [-0.1, -0.05) is 0 Å². The fraction of sp³-hybridized carbons (Fsp3) is 0.643. The third kappa shape index (κ3) is 1.99. The Labute approximate surface area is 108 Å². The Kier molecular flexibility index (Phi) is 2.99. The quantitative estimate of drug-likeness (QED) is 0.861. The highest BCUT2D eigenvalue weighted by Gasteiger charge is 2.44. The molecule has 0 saturated carbocycles. The molecule has 0 bridgehead atoms. The summed E-state index contributed by atoms with van der Waals surface area (Å²) in [6, 6.07) is 2.03. The highest BCUT2D eigenvalue weighted by molar-refractivity contribution is 5.51. The zero-order valence-corrected chi connectivity index (χ0v) is 10.9. The third-order valence-electron chi connectivity index (χ3n) is 4.16. The van der Waals surface area contributed by atoms with Crippen molar-refractivity contribution >= 4 is 5.82 Å². The standard InChI is InChI=1S/C14H20N2O2/c1-11-6-12(8-17)13(15-7-11)16-9-14(10-16)2-4-18-5-3-14/h6-7,17H,2-5,8-10H2,1H3. The number of anilines is 1. The molecule has 18 heavy (non-hydrogen) atoms. The molecule has 1 N–H and O–H groups in total. The fourth-order valence-corrected chi connectivity index (χ4v) is 3.06. The van der Waals surface area contributed by atoms with Crippen LogP contribution >= 0.6 is 0 Å². The smallest absolute Gasteiger partial charge is 0.134 e. The number of pyridine rings is 1. The Hall–Kier alpha value is -1.13. The summed E-state index contributed by atoms with van der Waals surface area (Å²) in [6.45, 7) is 5.96. The molecule has 4 nitrogen and oxygen atoms in total. The third-order valence-corrected chi connectivity index (χ3v) is 4.16. The van der Waals surface area contributed by atoms with Crippen LogP contribution in [-0.4, -0.2) is 36.4 Å². The molecule has 3 rings (SSSR count). The molecule has 3 heterocycles. The minimum absolute atomic E-state index is 0.0661. The van der Waals surface area contributed by atoms with Gasteiger partial charge in [-0.3, -0.25) is 0 Å². The Balaban J connectivity index is 1.74. The first-order valence-electron chi connectivity index (χ1n) is 6.62. The first kappa shape index (κ1) is 11.9. The summed E-state index contributed by atoms with van der Waals surface area (Å²) in [4.78, 5) is 6.77.